The van der Waals surface area contributed by atoms with Gasteiger partial charge in [0.15, 0.2) is 11.6 Å². The number of nitrogens with one attached hydrogen (secondary N) is 1. The van der Waals surface area contributed by atoms with Crippen molar-refractivity contribution in [2.24, 2.45) is 0 Å². The van der Waals surface area contributed by atoms with Gasteiger partial charge in [0.25, 0.3) is 0 Å². The van der Waals surface area contributed by atoms with Crippen molar-refractivity contribution < 1.29 is 14.3 Å². The number of pyridine rings is 1. The van der Waals surface area contributed by atoms with Crippen LogP contribution in [-0.4, -0.2) is 26.6 Å². The molecular weight excluding hydrogens is 346 g/mol. The van der Waals surface area contributed by atoms with Crippen LogP contribution in [0, 0.1) is 12.3 Å². The molecule has 3 N–H and O–H groups in total. The van der Waals surface area contributed by atoms with Crippen LogP contribution in [0.2, 0.25) is 0 Å². The number of hydrogen-bond acceptors (Lipinski definition) is 7. The summed E-state index contributed by atoms with van der Waals surface area (Å²) in [5, 5.41) is 2.42. The molecule has 8 nitrogen and oxygen atoms in total. The minimum Gasteiger partial charge on any atom is -0.451 e. The molecular formula is C19H23N5O3. The Bertz CT molecular complexity index is 882. The van der Waals surface area contributed by atoms with Crippen molar-refractivity contribution in [3.63, 3.8) is 0 Å². The highest BCUT2D eigenvalue weighted by atomic mass is 16.6. The smallest absolute Gasteiger partial charge is 0.414 e. The van der Waals surface area contributed by atoms with Gasteiger partial charge in [0.1, 0.15) is 17.0 Å². The zero-order valence-electron chi connectivity index (χ0n) is 16.0. The summed E-state index contributed by atoms with van der Waals surface area (Å²) in [6.07, 6.45) is 7.77. The molecule has 0 unspecified atom stereocenters. The summed E-state index contributed by atoms with van der Waals surface area (Å²) in [7, 11) is 0. The fraction of sp³-hybridized carbons (Fsp3) is 0.368. The minimum absolute atomic E-state index is 0.0113. The summed E-state index contributed by atoms with van der Waals surface area (Å²) in [6.45, 7) is 9.28. The molecule has 142 valence electrons. The lowest BCUT2D eigenvalue weighted by Crippen LogP contribution is -2.27. The summed E-state index contributed by atoms with van der Waals surface area (Å²) in [4.78, 5) is 24.0. The average molecular weight is 369 g/mol. The van der Waals surface area contributed by atoms with Gasteiger partial charge >= 0.3 is 6.09 Å². The van der Waals surface area contributed by atoms with Gasteiger partial charge in [0.2, 0.25) is 5.95 Å². The van der Waals surface area contributed by atoms with Gasteiger partial charge in [-0.3, -0.25) is 5.32 Å². The summed E-state index contributed by atoms with van der Waals surface area (Å²) >= 11 is 0. The molecule has 0 spiro atoms. The van der Waals surface area contributed by atoms with Crippen LogP contribution in [0.15, 0.2) is 18.5 Å². The number of anilines is 2. The lowest BCUT2D eigenvalue weighted by Gasteiger charge is -2.19. The van der Waals surface area contributed by atoms with E-state index in [9.17, 15) is 4.79 Å². The zero-order valence-corrected chi connectivity index (χ0v) is 16.0. The third-order valence-corrected chi connectivity index (χ3v) is 3.28. The third kappa shape index (κ3) is 5.57. The predicted octanol–water partition coefficient (Wildman–Crippen LogP) is 3.70. The van der Waals surface area contributed by atoms with Gasteiger partial charge in [-0.05, 0) is 26.7 Å². The molecule has 1 amide bonds. The van der Waals surface area contributed by atoms with Gasteiger partial charge in [0, 0.05) is 17.8 Å². The van der Waals surface area contributed by atoms with E-state index in [1.807, 2.05) is 13.8 Å². The summed E-state index contributed by atoms with van der Waals surface area (Å²) in [5.74, 6) is 3.46. The van der Waals surface area contributed by atoms with E-state index < -0.39 is 11.7 Å². The maximum absolute atomic E-state index is 11.8. The van der Waals surface area contributed by atoms with E-state index in [1.54, 1.807) is 33.0 Å². The van der Waals surface area contributed by atoms with E-state index in [4.69, 9.17) is 21.6 Å². The van der Waals surface area contributed by atoms with E-state index >= 15 is 0 Å². The van der Waals surface area contributed by atoms with E-state index in [-0.39, 0.29) is 23.4 Å². The topological polar surface area (TPSA) is 112 Å². The molecule has 2 rings (SSSR count). The Balaban J connectivity index is 2.22. The van der Waals surface area contributed by atoms with Gasteiger partial charge < -0.3 is 15.2 Å². The Labute approximate surface area is 158 Å². The maximum Gasteiger partial charge on any atom is 0.414 e. The number of aromatic nitrogens is 3. The van der Waals surface area contributed by atoms with Crippen LogP contribution in [0.4, 0.5) is 16.6 Å². The fourth-order valence-electron chi connectivity index (χ4n) is 2.08. The first-order chi connectivity index (χ1) is 12.6. The Morgan fingerprint density at radius 1 is 1.26 bits per heavy atom. The Hall–Kier alpha value is -3.34. The first kappa shape index (κ1) is 20.0. The van der Waals surface area contributed by atoms with Crippen LogP contribution in [0.3, 0.4) is 0 Å². The van der Waals surface area contributed by atoms with Crippen molar-refractivity contribution in [3.05, 3.63) is 29.7 Å². The van der Waals surface area contributed by atoms with Crippen molar-refractivity contribution >= 4 is 17.9 Å². The van der Waals surface area contributed by atoms with E-state index in [2.05, 4.69) is 26.2 Å². The van der Waals surface area contributed by atoms with Crippen molar-refractivity contribution in [3.8, 4) is 23.8 Å². The maximum atomic E-state index is 11.8. The van der Waals surface area contributed by atoms with Crippen LogP contribution in [0.5, 0.6) is 11.5 Å². The van der Waals surface area contributed by atoms with Crippen LogP contribution < -0.4 is 15.8 Å². The molecule has 0 bridgehead atoms. The molecule has 0 saturated heterocycles. The standard InChI is InChI=1S/C19H23N5O3/c1-7-12-8-14(13(9-21-12)11(2)3)26-15-10-22-17(23-16(15)20)24-18(25)27-19(4,5)6/h1,8-11H,2-6H3,(H3,20,22,23,24,25). The fourth-order valence-corrected chi connectivity index (χ4v) is 2.08. The highest BCUT2D eigenvalue weighted by Gasteiger charge is 2.18. The number of nitrogens with zero attached hydrogens (tertiary/aromatic N) is 3. The lowest BCUT2D eigenvalue weighted by atomic mass is 10.0. The van der Waals surface area contributed by atoms with Crippen molar-refractivity contribution in [2.75, 3.05) is 11.1 Å². The Kier molecular flexibility index (Phi) is 5.85. The largest absolute Gasteiger partial charge is 0.451 e. The summed E-state index contributed by atoms with van der Waals surface area (Å²) < 4.78 is 11.0. The second-order valence-electron chi connectivity index (χ2n) is 7.08. The van der Waals surface area contributed by atoms with Gasteiger partial charge in [0.05, 0.1) is 6.20 Å². The van der Waals surface area contributed by atoms with Gasteiger partial charge in [-0.15, -0.1) is 6.42 Å². The van der Waals surface area contributed by atoms with E-state index in [0.717, 1.165) is 5.56 Å². The molecule has 0 aliphatic rings. The number of nitrogen functional groups attached to an aromatic ring is 1. The van der Waals surface area contributed by atoms with Crippen LogP contribution >= 0.6 is 0 Å². The molecule has 27 heavy (non-hydrogen) atoms. The highest BCUT2D eigenvalue weighted by Crippen LogP contribution is 2.32. The molecule has 0 radical (unpaired) electrons. The number of hydrogen-bond donors (Lipinski definition) is 2. The van der Waals surface area contributed by atoms with Gasteiger partial charge in [-0.1, -0.05) is 19.8 Å². The Morgan fingerprint density at radius 2 is 1.96 bits per heavy atom. The molecule has 8 heteroatoms. The summed E-state index contributed by atoms with van der Waals surface area (Å²) in [6, 6.07) is 1.65. The molecule has 0 aromatic carbocycles. The Morgan fingerprint density at radius 3 is 2.52 bits per heavy atom. The number of terminal acetylenes is 1. The number of nitrogens with two attached hydrogens (primary N) is 1. The van der Waals surface area contributed by atoms with Crippen LogP contribution in [0.25, 0.3) is 0 Å². The molecule has 0 atom stereocenters. The molecule has 0 aliphatic carbocycles. The first-order valence-corrected chi connectivity index (χ1v) is 8.36. The minimum atomic E-state index is -0.676. The number of carbonyl (C=O) groups is 1. The third-order valence-electron chi connectivity index (χ3n) is 3.28. The molecule has 0 saturated carbocycles. The van der Waals surface area contributed by atoms with E-state index in [0.29, 0.717) is 11.4 Å². The van der Waals surface area contributed by atoms with Crippen molar-refractivity contribution in [1.29, 1.82) is 0 Å². The average Bonchev–Trinajstić information content (AvgIpc) is 2.55. The molecule has 0 aliphatic heterocycles. The van der Waals surface area contributed by atoms with E-state index in [1.165, 1.54) is 6.20 Å². The quantitative estimate of drug-likeness (QED) is 0.790. The van der Waals surface area contributed by atoms with Gasteiger partial charge in [-0.25, -0.2) is 14.8 Å². The molecule has 0 fully saturated rings. The van der Waals surface area contributed by atoms with Crippen LogP contribution in [0.1, 0.15) is 51.8 Å². The molecule has 2 aromatic rings. The number of carbonyl (C=O) groups excluding carboxylic acids is 1. The highest BCUT2D eigenvalue weighted by molar-refractivity contribution is 5.82. The number of amides is 1. The molecule has 2 aromatic heterocycles. The number of rotatable bonds is 4. The zero-order chi connectivity index (χ0) is 20.2. The van der Waals surface area contributed by atoms with Crippen molar-refractivity contribution in [2.45, 2.75) is 46.1 Å². The number of ether oxygens (including phenoxy) is 2. The second-order valence-corrected chi connectivity index (χ2v) is 7.08. The molecule has 2 heterocycles. The normalized spacial score (nSPS) is 11.0. The first-order valence-electron chi connectivity index (χ1n) is 8.36. The van der Waals surface area contributed by atoms with Crippen molar-refractivity contribution in [1.82, 2.24) is 15.0 Å². The lowest BCUT2D eigenvalue weighted by molar-refractivity contribution is 0.0634. The SMILES string of the molecule is C#Cc1cc(Oc2cnc(NC(=O)OC(C)(C)C)nc2N)c(C(C)C)cn1. The monoisotopic (exact) mass is 369 g/mol. The van der Waals surface area contributed by atoms with Gasteiger partial charge in [-0.2, -0.15) is 4.98 Å². The predicted molar refractivity (Wildman–Crippen MR) is 103 cm³/mol. The van der Waals surface area contributed by atoms with Crippen LogP contribution in [-0.2, 0) is 4.74 Å². The summed E-state index contributed by atoms with van der Waals surface area (Å²) in [5.41, 5.74) is 6.61. The second kappa shape index (κ2) is 7.91.